The molecule has 0 unspecified atom stereocenters. The second-order valence-electron chi connectivity index (χ2n) is 4.99. The monoisotopic (exact) mass is 215 g/mol. The van der Waals surface area contributed by atoms with Crippen molar-refractivity contribution in [3.63, 3.8) is 0 Å². The zero-order valence-corrected chi connectivity index (χ0v) is 9.09. The number of hydrogen-bond donors (Lipinski definition) is 1. The quantitative estimate of drug-likeness (QED) is 0.756. The van der Waals surface area contributed by atoms with Gasteiger partial charge in [0, 0.05) is 6.04 Å². The summed E-state index contributed by atoms with van der Waals surface area (Å²) in [4.78, 5) is 11.8. The summed E-state index contributed by atoms with van der Waals surface area (Å²) in [5, 5.41) is 2.93. The second-order valence-corrected chi connectivity index (χ2v) is 4.99. The molecular formula is C11H18FNO2. The number of alkyl halides is 1. The average molecular weight is 215 g/mol. The summed E-state index contributed by atoms with van der Waals surface area (Å²) in [6.45, 7) is 2.87. The minimum Gasteiger partial charge on any atom is -0.379 e. The number of amides is 1. The molecule has 2 aliphatic rings. The Morgan fingerprint density at radius 2 is 2.20 bits per heavy atom. The summed E-state index contributed by atoms with van der Waals surface area (Å²) in [5.41, 5.74) is -0.372. The SMILES string of the molecule is CC1(C(=O)N[C@@H]2CCC[C@@H](F)C2)COC1. The van der Waals surface area contributed by atoms with Crippen molar-refractivity contribution in [2.75, 3.05) is 13.2 Å². The van der Waals surface area contributed by atoms with Crippen LogP contribution in [0.2, 0.25) is 0 Å². The minimum atomic E-state index is -0.741. The van der Waals surface area contributed by atoms with Crippen LogP contribution in [-0.2, 0) is 9.53 Å². The van der Waals surface area contributed by atoms with Crippen LogP contribution in [-0.4, -0.2) is 31.3 Å². The van der Waals surface area contributed by atoms with Crippen molar-refractivity contribution >= 4 is 5.91 Å². The molecule has 86 valence electrons. The third-order valence-corrected chi connectivity index (χ3v) is 3.33. The molecule has 0 spiro atoms. The summed E-state index contributed by atoms with van der Waals surface area (Å²) < 4.78 is 18.1. The fourth-order valence-electron chi connectivity index (χ4n) is 2.16. The molecule has 0 aromatic rings. The van der Waals surface area contributed by atoms with Gasteiger partial charge < -0.3 is 10.1 Å². The zero-order valence-electron chi connectivity index (χ0n) is 9.09. The maximum atomic E-state index is 13.1. The van der Waals surface area contributed by atoms with E-state index in [1.807, 2.05) is 6.92 Å². The summed E-state index contributed by atoms with van der Waals surface area (Å²) in [6.07, 6.45) is 2.16. The Morgan fingerprint density at radius 3 is 2.73 bits per heavy atom. The molecule has 1 amide bonds. The van der Waals surface area contributed by atoms with E-state index < -0.39 is 6.17 Å². The molecule has 1 N–H and O–H groups in total. The highest BCUT2D eigenvalue weighted by molar-refractivity contribution is 5.83. The number of halogens is 1. The third-order valence-electron chi connectivity index (χ3n) is 3.33. The van der Waals surface area contributed by atoms with E-state index in [1.54, 1.807) is 0 Å². The van der Waals surface area contributed by atoms with Gasteiger partial charge in [0.05, 0.1) is 18.6 Å². The van der Waals surface area contributed by atoms with Gasteiger partial charge in [-0.15, -0.1) is 0 Å². The molecule has 0 aromatic carbocycles. The van der Waals surface area contributed by atoms with E-state index in [-0.39, 0.29) is 17.4 Å². The highest BCUT2D eigenvalue weighted by Crippen LogP contribution is 2.28. The predicted octanol–water partition coefficient (Wildman–Crippen LogP) is 1.42. The Balaban J connectivity index is 1.83. The molecule has 4 heteroatoms. The van der Waals surface area contributed by atoms with Crippen LogP contribution in [0.4, 0.5) is 4.39 Å². The van der Waals surface area contributed by atoms with Gasteiger partial charge in [0.25, 0.3) is 0 Å². The van der Waals surface area contributed by atoms with Gasteiger partial charge in [-0.1, -0.05) is 0 Å². The van der Waals surface area contributed by atoms with Gasteiger partial charge in [0.15, 0.2) is 0 Å². The van der Waals surface area contributed by atoms with E-state index in [1.165, 1.54) is 0 Å². The zero-order chi connectivity index (χ0) is 10.9. The van der Waals surface area contributed by atoms with E-state index in [4.69, 9.17) is 4.74 Å². The molecule has 15 heavy (non-hydrogen) atoms. The summed E-state index contributed by atoms with van der Waals surface area (Å²) in [5.74, 6) is 0.0212. The van der Waals surface area contributed by atoms with Crippen molar-refractivity contribution in [1.82, 2.24) is 5.32 Å². The van der Waals surface area contributed by atoms with Gasteiger partial charge in [-0.05, 0) is 32.6 Å². The van der Waals surface area contributed by atoms with E-state index in [2.05, 4.69) is 5.32 Å². The molecule has 0 radical (unpaired) electrons. The fourth-order valence-corrected chi connectivity index (χ4v) is 2.16. The number of nitrogens with one attached hydrogen (secondary N) is 1. The van der Waals surface area contributed by atoms with Gasteiger partial charge in [-0.3, -0.25) is 4.79 Å². The van der Waals surface area contributed by atoms with Crippen LogP contribution in [0, 0.1) is 5.41 Å². The second kappa shape index (κ2) is 4.08. The Labute approximate surface area is 89.4 Å². The van der Waals surface area contributed by atoms with Crippen LogP contribution in [0.15, 0.2) is 0 Å². The maximum Gasteiger partial charge on any atom is 0.230 e. The van der Waals surface area contributed by atoms with Crippen molar-refractivity contribution in [3.05, 3.63) is 0 Å². The Kier molecular flexibility index (Phi) is 2.96. The first-order valence-electron chi connectivity index (χ1n) is 5.63. The Morgan fingerprint density at radius 1 is 1.47 bits per heavy atom. The van der Waals surface area contributed by atoms with Gasteiger partial charge >= 0.3 is 0 Å². The van der Waals surface area contributed by atoms with Crippen LogP contribution >= 0.6 is 0 Å². The average Bonchev–Trinajstić information content (AvgIpc) is 2.14. The maximum absolute atomic E-state index is 13.1. The topological polar surface area (TPSA) is 38.3 Å². The molecule has 1 aliphatic carbocycles. The number of hydrogen-bond acceptors (Lipinski definition) is 2. The normalized spacial score (nSPS) is 34.3. The van der Waals surface area contributed by atoms with Gasteiger partial charge in [-0.25, -0.2) is 4.39 Å². The lowest BCUT2D eigenvalue weighted by atomic mass is 9.86. The summed E-state index contributed by atoms with van der Waals surface area (Å²) in [6, 6.07) is 0.0266. The number of carbonyl (C=O) groups excluding carboxylic acids is 1. The predicted molar refractivity (Wildman–Crippen MR) is 54.2 cm³/mol. The molecule has 2 fully saturated rings. The van der Waals surface area contributed by atoms with Crippen molar-refractivity contribution in [2.45, 2.75) is 44.8 Å². The Hall–Kier alpha value is -0.640. The first kappa shape index (κ1) is 10.9. The van der Waals surface area contributed by atoms with Crippen LogP contribution in [0.25, 0.3) is 0 Å². The van der Waals surface area contributed by atoms with E-state index in [0.29, 0.717) is 26.1 Å². The number of carbonyl (C=O) groups is 1. The lowest BCUT2D eigenvalue weighted by Crippen LogP contribution is -2.54. The molecule has 1 saturated carbocycles. The van der Waals surface area contributed by atoms with Crippen LogP contribution in [0.1, 0.15) is 32.6 Å². The van der Waals surface area contributed by atoms with Gasteiger partial charge in [0.1, 0.15) is 6.17 Å². The van der Waals surface area contributed by atoms with Crippen LogP contribution in [0.5, 0.6) is 0 Å². The molecule has 3 nitrogen and oxygen atoms in total. The molecule has 2 rings (SSSR count). The molecule has 2 atom stereocenters. The van der Waals surface area contributed by atoms with Crippen molar-refractivity contribution in [3.8, 4) is 0 Å². The molecule has 1 saturated heterocycles. The number of rotatable bonds is 2. The van der Waals surface area contributed by atoms with E-state index in [0.717, 1.165) is 12.8 Å². The molecule has 1 heterocycles. The van der Waals surface area contributed by atoms with E-state index in [9.17, 15) is 9.18 Å². The number of ether oxygens (including phenoxy) is 1. The smallest absolute Gasteiger partial charge is 0.230 e. The van der Waals surface area contributed by atoms with E-state index >= 15 is 0 Å². The first-order chi connectivity index (χ1) is 7.10. The minimum absolute atomic E-state index is 0.0212. The highest BCUT2D eigenvalue weighted by Gasteiger charge is 2.42. The fraction of sp³-hybridized carbons (Fsp3) is 0.909. The standard InChI is InChI=1S/C11H18FNO2/c1-11(6-15-7-11)10(14)13-9-4-2-3-8(12)5-9/h8-9H,2-7H2,1H3,(H,13,14)/t8-,9-/m1/s1. The first-order valence-corrected chi connectivity index (χ1v) is 5.63. The molecule has 0 bridgehead atoms. The largest absolute Gasteiger partial charge is 0.379 e. The lowest BCUT2D eigenvalue weighted by Gasteiger charge is -2.38. The lowest BCUT2D eigenvalue weighted by molar-refractivity contribution is -0.158. The Bertz CT molecular complexity index is 253. The molecule has 0 aromatic heterocycles. The van der Waals surface area contributed by atoms with Gasteiger partial charge in [0.2, 0.25) is 5.91 Å². The van der Waals surface area contributed by atoms with Crippen LogP contribution < -0.4 is 5.32 Å². The summed E-state index contributed by atoms with van der Waals surface area (Å²) >= 11 is 0. The van der Waals surface area contributed by atoms with Crippen molar-refractivity contribution < 1.29 is 13.9 Å². The van der Waals surface area contributed by atoms with Crippen molar-refractivity contribution in [1.29, 1.82) is 0 Å². The third kappa shape index (κ3) is 2.30. The summed E-state index contributed by atoms with van der Waals surface area (Å²) in [7, 11) is 0. The van der Waals surface area contributed by atoms with Crippen molar-refractivity contribution in [2.24, 2.45) is 5.41 Å². The van der Waals surface area contributed by atoms with Gasteiger partial charge in [-0.2, -0.15) is 0 Å². The molecular weight excluding hydrogens is 197 g/mol. The van der Waals surface area contributed by atoms with Crippen LogP contribution in [0.3, 0.4) is 0 Å². The molecule has 1 aliphatic heterocycles. The highest BCUT2D eigenvalue weighted by atomic mass is 19.1.